The van der Waals surface area contributed by atoms with Gasteiger partial charge in [-0.2, -0.15) is 25.3 Å². The third-order valence-corrected chi connectivity index (χ3v) is 10.0. The van der Waals surface area contributed by atoms with E-state index in [2.05, 4.69) is 35.9 Å². The van der Waals surface area contributed by atoms with Crippen molar-refractivity contribution in [3.05, 3.63) is 49.3 Å². The number of carbonyl (C=O) groups excluding carboxylic acids is 1. The molecule has 1 aliphatic rings. The Labute approximate surface area is 294 Å². The Bertz CT molecular complexity index is 2450. The second kappa shape index (κ2) is 12.6. The maximum Gasteiger partial charge on any atom is 0.326 e. The fourth-order valence-electron chi connectivity index (χ4n) is 7.27. The molecule has 0 amide bonds. The molecule has 0 fully saturated rings. The molecule has 0 spiro atoms. The number of fused-ring (bicyclic) bond motifs is 1. The van der Waals surface area contributed by atoms with Crippen LogP contribution in [0.3, 0.4) is 0 Å². The fraction of sp³-hybridized carbons (Fsp3) is 0.286. The van der Waals surface area contributed by atoms with E-state index in [1.807, 2.05) is 0 Å². The van der Waals surface area contributed by atoms with Crippen LogP contribution in [0.1, 0.15) is 30.9 Å². The summed E-state index contributed by atoms with van der Waals surface area (Å²) in [7, 11) is 4.01. The highest BCUT2D eigenvalue weighted by molar-refractivity contribution is 7.80. The molecule has 0 aromatic heterocycles. The van der Waals surface area contributed by atoms with Crippen LogP contribution in [0.15, 0.2) is 27.3 Å². The molecule has 6 rings (SSSR count). The molecule has 3 atom stereocenters. The fourth-order valence-corrected chi connectivity index (χ4v) is 7.77. The number of ether oxygens (including phenoxy) is 3. The van der Waals surface area contributed by atoms with Gasteiger partial charge < -0.3 is 40.2 Å². The largest absolute Gasteiger partial charge is 0.507 e. The van der Waals surface area contributed by atoms with Gasteiger partial charge in [0.25, 0.3) is 0 Å². The van der Waals surface area contributed by atoms with Gasteiger partial charge in [0.05, 0.1) is 49.4 Å². The summed E-state index contributed by atoms with van der Waals surface area (Å²) in [5.74, 6) is -4.77. The standard InChI is InChI=1S/C35H32N2O11S2/c1-11-6-13-21-26-22(31(40)30(13)37-16(10-50)35(44)45)14(36-15(9-49)34(42)43)7-18(46-3)24(26)25-19(47-4)8-17(39)23-28(25)27(21)29(20(11)12(2)38)33(48-5)32(23)41/h6-8,15-16,20,36-37,39,49-50H,9-10H2,1-5H3,(H,42,43)(H,44,45). The predicted molar refractivity (Wildman–Crippen MR) is 198 cm³/mol. The lowest BCUT2D eigenvalue weighted by Crippen LogP contribution is -2.34. The molecule has 0 heterocycles. The highest BCUT2D eigenvalue weighted by Crippen LogP contribution is 2.56. The summed E-state index contributed by atoms with van der Waals surface area (Å²) in [5.41, 5.74) is -0.746. The lowest BCUT2D eigenvalue weighted by molar-refractivity contribution is -0.138. The van der Waals surface area contributed by atoms with E-state index in [1.165, 1.54) is 40.4 Å². The van der Waals surface area contributed by atoms with E-state index >= 15 is 0 Å². The topological polar surface area (TPSA) is 198 Å². The van der Waals surface area contributed by atoms with E-state index in [4.69, 9.17) is 14.2 Å². The first-order chi connectivity index (χ1) is 23.8. The molecule has 5 aromatic carbocycles. The number of thiol groups is 2. The zero-order valence-corrected chi connectivity index (χ0v) is 29.2. The molecule has 0 radical (unpaired) electrons. The van der Waals surface area contributed by atoms with Crippen LogP contribution in [-0.4, -0.2) is 78.0 Å². The van der Waals surface area contributed by atoms with Crippen LogP contribution in [0.5, 0.6) is 23.0 Å². The van der Waals surface area contributed by atoms with Gasteiger partial charge >= 0.3 is 11.9 Å². The Hall–Kier alpha value is -5.15. The number of phenolic OH excluding ortho intramolecular Hbond substituents is 1. The molecule has 50 heavy (non-hydrogen) atoms. The van der Waals surface area contributed by atoms with Gasteiger partial charge in [0.1, 0.15) is 35.1 Å². The molecule has 5 N–H and O–H groups in total. The number of aliphatic carboxylic acids is 2. The van der Waals surface area contributed by atoms with Gasteiger partial charge in [0, 0.05) is 61.7 Å². The van der Waals surface area contributed by atoms with Gasteiger partial charge in [-0.15, -0.1) is 0 Å². The zero-order valence-electron chi connectivity index (χ0n) is 27.4. The Morgan fingerprint density at radius 3 is 1.86 bits per heavy atom. The smallest absolute Gasteiger partial charge is 0.326 e. The number of carboxylic acid groups (broad SMARTS) is 2. The number of rotatable bonds is 12. The van der Waals surface area contributed by atoms with Crippen LogP contribution >= 0.6 is 25.3 Å². The zero-order chi connectivity index (χ0) is 36.5. The van der Waals surface area contributed by atoms with Crippen molar-refractivity contribution < 1.29 is 43.9 Å². The van der Waals surface area contributed by atoms with E-state index in [0.29, 0.717) is 11.0 Å². The van der Waals surface area contributed by atoms with Gasteiger partial charge in [-0.1, -0.05) is 11.6 Å². The first kappa shape index (κ1) is 34.7. The average Bonchev–Trinajstić information content (AvgIpc) is 3.20. The summed E-state index contributed by atoms with van der Waals surface area (Å²) < 4.78 is 17.4. The van der Waals surface area contributed by atoms with Crippen LogP contribution < -0.4 is 35.7 Å². The number of hydrogen-bond acceptors (Lipinski definition) is 13. The summed E-state index contributed by atoms with van der Waals surface area (Å²) >= 11 is 8.39. The molecule has 0 bridgehead atoms. The van der Waals surface area contributed by atoms with Crippen LogP contribution in [0.25, 0.3) is 49.2 Å². The summed E-state index contributed by atoms with van der Waals surface area (Å²) in [6.45, 7) is 3.00. The van der Waals surface area contributed by atoms with Crippen molar-refractivity contribution in [1.29, 1.82) is 0 Å². The quantitative estimate of drug-likeness (QED) is 0.0548. The van der Waals surface area contributed by atoms with Crippen molar-refractivity contribution in [1.82, 2.24) is 0 Å². The number of benzene rings is 5. The van der Waals surface area contributed by atoms with E-state index in [1.54, 1.807) is 13.0 Å². The first-order valence-corrected chi connectivity index (χ1v) is 16.5. The number of carboxylic acids is 2. The van der Waals surface area contributed by atoms with E-state index in [9.17, 15) is 39.3 Å². The SMILES string of the molecule is COc1c2c3c4c(c(NC(CS)C(=O)O)c(=O)c5c(NC(CS)C(=O)O)cc(OC)c(c6c(OC)cc(O)c(c1=O)c63)c54)C=C(C)C2C(C)=O. The molecule has 0 saturated heterocycles. The van der Waals surface area contributed by atoms with Crippen LogP contribution in [0.2, 0.25) is 0 Å². The van der Waals surface area contributed by atoms with Crippen molar-refractivity contribution in [2.24, 2.45) is 0 Å². The number of ketones is 1. The minimum absolute atomic E-state index is 0.0371. The molecule has 1 aliphatic carbocycles. The third-order valence-electron chi connectivity index (χ3n) is 9.28. The number of methoxy groups -OCH3 is 3. The van der Waals surface area contributed by atoms with Gasteiger partial charge in [0.15, 0.2) is 5.75 Å². The second-order valence-corrected chi connectivity index (χ2v) is 12.7. The van der Waals surface area contributed by atoms with E-state index < -0.39 is 46.5 Å². The Morgan fingerprint density at radius 1 is 0.780 bits per heavy atom. The number of anilines is 2. The highest BCUT2D eigenvalue weighted by Gasteiger charge is 2.37. The summed E-state index contributed by atoms with van der Waals surface area (Å²) in [5, 5.41) is 38.5. The maximum atomic E-state index is 14.9. The molecule has 3 unspecified atom stereocenters. The minimum atomic E-state index is -1.36. The lowest BCUT2D eigenvalue weighted by atomic mass is 9.80. The average molecular weight is 721 g/mol. The maximum absolute atomic E-state index is 14.9. The van der Waals surface area contributed by atoms with Crippen LogP contribution in [0.4, 0.5) is 11.4 Å². The van der Waals surface area contributed by atoms with Crippen molar-refractivity contribution in [3.8, 4) is 23.0 Å². The molecular weight excluding hydrogens is 689 g/mol. The van der Waals surface area contributed by atoms with Crippen molar-refractivity contribution in [2.45, 2.75) is 31.8 Å². The van der Waals surface area contributed by atoms with Crippen molar-refractivity contribution in [3.63, 3.8) is 0 Å². The number of aromatic hydroxyl groups is 1. The molecular formula is C35H32N2O11S2. The number of hydrogen-bond donors (Lipinski definition) is 7. The van der Waals surface area contributed by atoms with Gasteiger partial charge in [-0.25, -0.2) is 9.59 Å². The number of phenols is 1. The summed E-state index contributed by atoms with van der Waals surface area (Å²) in [6.07, 6.45) is 1.59. The molecule has 5 aromatic rings. The van der Waals surface area contributed by atoms with E-state index in [-0.39, 0.29) is 94.7 Å². The minimum Gasteiger partial charge on any atom is -0.507 e. The summed E-state index contributed by atoms with van der Waals surface area (Å²) in [4.78, 5) is 67.3. The van der Waals surface area contributed by atoms with Gasteiger partial charge in [0.2, 0.25) is 10.9 Å². The Balaban J connectivity index is 2.09. The van der Waals surface area contributed by atoms with E-state index in [0.717, 1.165) is 0 Å². The number of allylic oxidation sites excluding steroid dienone is 1. The monoisotopic (exact) mass is 720 g/mol. The predicted octanol–water partition coefficient (Wildman–Crippen LogP) is 4.31. The molecule has 13 nitrogen and oxygen atoms in total. The molecule has 0 aliphatic heterocycles. The molecule has 15 heteroatoms. The lowest BCUT2D eigenvalue weighted by Gasteiger charge is -2.26. The van der Waals surface area contributed by atoms with Gasteiger partial charge in [-0.05, 0) is 19.2 Å². The normalized spacial score (nSPS) is 15.3. The highest BCUT2D eigenvalue weighted by atomic mass is 32.1. The molecule has 0 saturated carbocycles. The van der Waals surface area contributed by atoms with Crippen LogP contribution in [0, 0.1) is 0 Å². The second-order valence-electron chi connectivity index (χ2n) is 12.0. The summed E-state index contributed by atoms with van der Waals surface area (Å²) in [6, 6.07) is 0.0630. The number of carbonyl (C=O) groups is 3. The first-order valence-electron chi connectivity index (χ1n) is 15.2. The van der Waals surface area contributed by atoms with Crippen LogP contribution in [-0.2, 0) is 14.4 Å². The Morgan fingerprint density at radius 2 is 1.34 bits per heavy atom. The Kier molecular flexibility index (Phi) is 8.76. The van der Waals surface area contributed by atoms with Gasteiger partial charge in [-0.3, -0.25) is 14.4 Å². The third kappa shape index (κ3) is 4.81. The molecule has 260 valence electrons. The van der Waals surface area contributed by atoms with Crippen molar-refractivity contribution in [2.75, 3.05) is 43.5 Å². The van der Waals surface area contributed by atoms with Crippen molar-refractivity contribution >= 4 is 104 Å². The number of nitrogens with one attached hydrogen (secondary N) is 2. The number of Topliss-reactive ketones (excluding diaryl/α,β-unsaturated/α-hetero) is 1.